The van der Waals surface area contributed by atoms with Gasteiger partial charge in [0, 0.05) is 38.3 Å². The van der Waals surface area contributed by atoms with Crippen LogP contribution in [0.3, 0.4) is 0 Å². The standard InChI is InChI=1S/C21H27N3O/c1-23(2)12-11-21(25)22-20-9-8-18-15-24(16-19(18)14-20)13-10-17-6-4-3-5-7-17/h3-9,14H,10-13,15-16H2,1-2H3,(H,22,25). The van der Waals surface area contributed by atoms with Gasteiger partial charge in [-0.05, 0) is 49.3 Å². The molecule has 0 radical (unpaired) electrons. The van der Waals surface area contributed by atoms with Gasteiger partial charge in [0.25, 0.3) is 0 Å². The third-order valence-corrected chi connectivity index (χ3v) is 4.62. The first-order valence-corrected chi connectivity index (χ1v) is 8.93. The van der Waals surface area contributed by atoms with Crippen molar-refractivity contribution in [1.82, 2.24) is 9.80 Å². The van der Waals surface area contributed by atoms with Crippen molar-refractivity contribution in [2.75, 3.05) is 32.5 Å². The first-order chi connectivity index (χ1) is 12.1. The van der Waals surface area contributed by atoms with Crippen molar-refractivity contribution in [1.29, 1.82) is 0 Å². The van der Waals surface area contributed by atoms with Crippen LogP contribution in [0, 0.1) is 0 Å². The van der Waals surface area contributed by atoms with Gasteiger partial charge in [-0.15, -0.1) is 0 Å². The van der Waals surface area contributed by atoms with Crippen LogP contribution in [0.2, 0.25) is 0 Å². The van der Waals surface area contributed by atoms with E-state index in [2.05, 4.69) is 52.7 Å². The number of benzene rings is 2. The van der Waals surface area contributed by atoms with Crippen LogP contribution in [0.4, 0.5) is 5.69 Å². The highest BCUT2D eigenvalue weighted by atomic mass is 16.1. The summed E-state index contributed by atoms with van der Waals surface area (Å²) in [5, 5.41) is 3.02. The molecule has 2 aromatic carbocycles. The summed E-state index contributed by atoms with van der Waals surface area (Å²) in [6.07, 6.45) is 1.59. The summed E-state index contributed by atoms with van der Waals surface area (Å²) in [5.41, 5.74) is 5.00. The second kappa shape index (κ2) is 8.28. The topological polar surface area (TPSA) is 35.6 Å². The Kier molecular flexibility index (Phi) is 5.84. The van der Waals surface area contributed by atoms with Gasteiger partial charge in [-0.25, -0.2) is 0 Å². The van der Waals surface area contributed by atoms with Crippen LogP contribution in [-0.2, 0) is 24.3 Å². The largest absolute Gasteiger partial charge is 0.326 e. The fraction of sp³-hybridized carbons (Fsp3) is 0.381. The number of carbonyl (C=O) groups excluding carboxylic acids is 1. The smallest absolute Gasteiger partial charge is 0.225 e. The Bertz CT molecular complexity index is 712. The maximum Gasteiger partial charge on any atom is 0.225 e. The van der Waals surface area contributed by atoms with Crippen molar-refractivity contribution in [2.24, 2.45) is 0 Å². The molecule has 3 rings (SSSR count). The molecule has 4 heteroatoms. The molecule has 1 N–H and O–H groups in total. The number of hydrogen-bond acceptors (Lipinski definition) is 3. The van der Waals surface area contributed by atoms with Gasteiger partial charge in [0.05, 0.1) is 0 Å². The van der Waals surface area contributed by atoms with Crippen LogP contribution in [0.15, 0.2) is 48.5 Å². The first kappa shape index (κ1) is 17.6. The molecule has 0 aliphatic carbocycles. The molecule has 0 spiro atoms. The molecule has 1 aliphatic heterocycles. The Labute approximate surface area is 150 Å². The zero-order valence-corrected chi connectivity index (χ0v) is 15.2. The van der Waals surface area contributed by atoms with E-state index >= 15 is 0 Å². The zero-order valence-electron chi connectivity index (χ0n) is 15.2. The maximum absolute atomic E-state index is 12.0. The number of amides is 1. The van der Waals surface area contributed by atoms with Gasteiger partial charge in [0.1, 0.15) is 0 Å². The number of hydrogen-bond donors (Lipinski definition) is 1. The average molecular weight is 337 g/mol. The number of carbonyl (C=O) groups is 1. The molecule has 4 nitrogen and oxygen atoms in total. The van der Waals surface area contributed by atoms with Crippen LogP contribution in [0.1, 0.15) is 23.1 Å². The molecule has 0 bridgehead atoms. The van der Waals surface area contributed by atoms with Crippen molar-refractivity contribution >= 4 is 11.6 Å². The highest BCUT2D eigenvalue weighted by Gasteiger charge is 2.19. The van der Waals surface area contributed by atoms with Crippen LogP contribution in [0.5, 0.6) is 0 Å². The highest BCUT2D eigenvalue weighted by Crippen LogP contribution is 2.26. The molecule has 0 aromatic heterocycles. The summed E-state index contributed by atoms with van der Waals surface area (Å²) in [4.78, 5) is 16.5. The van der Waals surface area contributed by atoms with Crippen molar-refractivity contribution in [3.05, 3.63) is 65.2 Å². The first-order valence-electron chi connectivity index (χ1n) is 8.93. The van der Waals surface area contributed by atoms with Gasteiger partial charge in [-0.1, -0.05) is 36.4 Å². The third-order valence-electron chi connectivity index (χ3n) is 4.62. The SMILES string of the molecule is CN(C)CCC(=O)Nc1ccc2c(c1)CN(CCc1ccccc1)C2. The van der Waals surface area contributed by atoms with E-state index in [1.165, 1.54) is 16.7 Å². The van der Waals surface area contributed by atoms with E-state index in [1.54, 1.807) is 0 Å². The summed E-state index contributed by atoms with van der Waals surface area (Å²) < 4.78 is 0. The Morgan fingerprint density at radius 3 is 2.60 bits per heavy atom. The summed E-state index contributed by atoms with van der Waals surface area (Å²) in [6, 6.07) is 16.9. The molecule has 25 heavy (non-hydrogen) atoms. The summed E-state index contributed by atoms with van der Waals surface area (Å²) in [7, 11) is 3.96. The maximum atomic E-state index is 12.0. The normalized spacial score (nSPS) is 13.9. The Hall–Kier alpha value is -2.17. The van der Waals surface area contributed by atoms with Gasteiger partial charge in [0.15, 0.2) is 0 Å². The Morgan fingerprint density at radius 2 is 1.84 bits per heavy atom. The predicted molar refractivity (Wildman–Crippen MR) is 103 cm³/mol. The van der Waals surface area contributed by atoms with Crippen LogP contribution >= 0.6 is 0 Å². The molecular formula is C21H27N3O. The Balaban J connectivity index is 1.52. The molecule has 1 aliphatic rings. The number of rotatable bonds is 7. The molecule has 1 heterocycles. The van der Waals surface area contributed by atoms with E-state index in [0.29, 0.717) is 6.42 Å². The highest BCUT2D eigenvalue weighted by molar-refractivity contribution is 5.90. The minimum absolute atomic E-state index is 0.0765. The summed E-state index contributed by atoms with van der Waals surface area (Å²) in [5.74, 6) is 0.0765. The molecule has 0 fully saturated rings. The Morgan fingerprint density at radius 1 is 1.08 bits per heavy atom. The lowest BCUT2D eigenvalue weighted by Crippen LogP contribution is -2.20. The zero-order chi connectivity index (χ0) is 17.6. The minimum atomic E-state index is 0.0765. The molecule has 132 valence electrons. The molecule has 0 saturated heterocycles. The molecule has 0 unspecified atom stereocenters. The van der Waals surface area contributed by atoms with E-state index in [0.717, 1.165) is 38.3 Å². The summed E-state index contributed by atoms with van der Waals surface area (Å²) >= 11 is 0. The van der Waals surface area contributed by atoms with Crippen molar-refractivity contribution in [2.45, 2.75) is 25.9 Å². The average Bonchev–Trinajstić information content (AvgIpc) is 3.01. The number of nitrogens with zero attached hydrogens (tertiary/aromatic N) is 2. The second-order valence-corrected chi connectivity index (χ2v) is 7.03. The molecule has 2 aromatic rings. The van der Waals surface area contributed by atoms with Gasteiger partial charge in [-0.2, -0.15) is 0 Å². The fourth-order valence-electron chi connectivity index (χ4n) is 3.18. The monoisotopic (exact) mass is 337 g/mol. The van der Waals surface area contributed by atoms with Crippen molar-refractivity contribution in [3.8, 4) is 0 Å². The van der Waals surface area contributed by atoms with Crippen LogP contribution in [0.25, 0.3) is 0 Å². The number of fused-ring (bicyclic) bond motifs is 1. The lowest BCUT2D eigenvalue weighted by atomic mass is 10.1. The van der Waals surface area contributed by atoms with Crippen LogP contribution in [-0.4, -0.2) is 42.9 Å². The molecular weight excluding hydrogens is 310 g/mol. The van der Waals surface area contributed by atoms with Gasteiger partial charge >= 0.3 is 0 Å². The van der Waals surface area contributed by atoms with Gasteiger partial charge < -0.3 is 10.2 Å². The quantitative estimate of drug-likeness (QED) is 0.843. The molecule has 1 amide bonds. The van der Waals surface area contributed by atoms with Gasteiger partial charge in [0.2, 0.25) is 5.91 Å². The van der Waals surface area contributed by atoms with Crippen molar-refractivity contribution < 1.29 is 4.79 Å². The fourth-order valence-corrected chi connectivity index (χ4v) is 3.18. The van der Waals surface area contributed by atoms with Crippen molar-refractivity contribution in [3.63, 3.8) is 0 Å². The van der Waals surface area contributed by atoms with Crippen LogP contribution < -0.4 is 5.32 Å². The van der Waals surface area contributed by atoms with E-state index in [-0.39, 0.29) is 5.91 Å². The lowest BCUT2D eigenvalue weighted by Gasteiger charge is -2.14. The lowest BCUT2D eigenvalue weighted by molar-refractivity contribution is -0.116. The number of nitrogens with one attached hydrogen (secondary N) is 1. The predicted octanol–water partition coefficient (Wildman–Crippen LogP) is 3.14. The van der Waals surface area contributed by atoms with E-state index in [9.17, 15) is 4.79 Å². The second-order valence-electron chi connectivity index (χ2n) is 7.03. The van der Waals surface area contributed by atoms with E-state index in [1.807, 2.05) is 25.1 Å². The molecule has 0 saturated carbocycles. The van der Waals surface area contributed by atoms with E-state index < -0.39 is 0 Å². The van der Waals surface area contributed by atoms with Gasteiger partial charge in [-0.3, -0.25) is 9.69 Å². The van der Waals surface area contributed by atoms with E-state index in [4.69, 9.17) is 0 Å². The minimum Gasteiger partial charge on any atom is -0.326 e. The summed E-state index contributed by atoms with van der Waals surface area (Å²) in [6.45, 7) is 3.79. The third kappa shape index (κ3) is 5.15. The molecule has 0 atom stereocenters. The number of anilines is 1.